The van der Waals surface area contributed by atoms with E-state index in [1.165, 1.54) is 0 Å². The summed E-state index contributed by atoms with van der Waals surface area (Å²) in [4.78, 5) is 2.07. The van der Waals surface area contributed by atoms with Crippen molar-refractivity contribution in [1.29, 1.82) is 0 Å². The van der Waals surface area contributed by atoms with Crippen molar-refractivity contribution in [3.63, 3.8) is 0 Å². The lowest BCUT2D eigenvalue weighted by atomic mass is 10.1. The third-order valence-electron chi connectivity index (χ3n) is 3.19. The van der Waals surface area contributed by atoms with Crippen LogP contribution in [-0.4, -0.2) is 41.9 Å². The van der Waals surface area contributed by atoms with Crippen LogP contribution in [0.4, 0.5) is 0 Å². The summed E-state index contributed by atoms with van der Waals surface area (Å²) in [5.74, 6) is 0.793. The molecule has 1 aromatic heterocycles. The number of ether oxygens (including phenoxy) is 1. The first kappa shape index (κ1) is 16.1. The normalized spacial score (nSPS) is 11.1. The number of likely N-dealkylation sites (N-methyl/N-ethyl adjacent to an activating group) is 1. The number of benzene rings is 1. The summed E-state index contributed by atoms with van der Waals surface area (Å²) in [6.45, 7) is 1.46. The fraction of sp³-hybridized carbons (Fsp3) is 0.400. The van der Waals surface area contributed by atoms with Crippen molar-refractivity contribution >= 4 is 23.2 Å². The van der Waals surface area contributed by atoms with E-state index >= 15 is 0 Å². The Morgan fingerprint density at radius 2 is 2.05 bits per heavy atom. The third-order valence-corrected chi connectivity index (χ3v) is 3.74. The van der Waals surface area contributed by atoms with Crippen LogP contribution in [0.2, 0.25) is 10.0 Å². The smallest absolute Gasteiger partial charge is 0.124 e. The molecule has 1 aromatic carbocycles. The molecule has 0 N–H and O–H groups in total. The van der Waals surface area contributed by atoms with Gasteiger partial charge in [-0.1, -0.05) is 29.3 Å². The summed E-state index contributed by atoms with van der Waals surface area (Å²) in [7, 11) is 5.90. The van der Waals surface area contributed by atoms with Crippen molar-refractivity contribution in [2.24, 2.45) is 7.05 Å². The molecular formula is C15H19Cl2N3O. The summed E-state index contributed by atoms with van der Waals surface area (Å²) in [5.41, 5.74) is 2.00. The van der Waals surface area contributed by atoms with Crippen molar-refractivity contribution in [3.8, 4) is 5.75 Å². The van der Waals surface area contributed by atoms with Crippen molar-refractivity contribution in [1.82, 2.24) is 14.7 Å². The second kappa shape index (κ2) is 7.16. The standard InChI is InChI=1S/C15H19Cl2N3O/c1-19(2)6-7-21-15-9-12(16)5-4-11(15)8-14-13(17)10-18-20(14)3/h4-5,9-10H,6-8H2,1-3H3. The Morgan fingerprint density at radius 3 is 2.67 bits per heavy atom. The molecule has 0 spiro atoms. The number of hydrogen-bond acceptors (Lipinski definition) is 3. The van der Waals surface area contributed by atoms with Crippen LogP contribution in [0.3, 0.4) is 0 Å². The summed E-state index contributed by atoms with van der Waals surface area (Å²) < 4.78 is 7.64. The summed E-state index contributed by atoms with van der Waals surface area (Å²) in [6.07, 6.45) is 2.31. The molecule has 0 aliphatic carbocycles. The van der Waals surface area contributed by atoms with Crippen LogP contribution >= 0.6 is 23.2 Å². The highest BCUT2D eigenvalue weighted by Crippen LogP contribution is 2.27. The highest BCUT2D eigenvalue weighted by molar-refractivity contribution is 6.31. The van der Waals surface area contributed by atoms with Crippen LogP contribution in [0.15, 0.2) is 24.4 Å². The maximum absolute atomic E-state index is 6.17. The predicted octanol–water partition coefficient (Wildman–Crippen LogP) is 3.26. The average molecular weight is 328 g/mol. The summed E-state index contributed by atoms with van der Waals surface area (Å²) >= 11 is 12.2. The molecule has 0 bridgehead atoms. The van der Waals surface area contributed by atoms with Crippen LogP contribution in [0.25, 0.3) is 0 Å². The van der Waals surface area contributed by atoms with Gasteiger partial charge < -0.3 is 9.64 Å². The van der Waals surface area contributed by atoms with E-state index in [0.29, 0.717) is 23.1 Å². The van der Waals surface area contributed by atoms with E-state index in [4.69, 9.17) is 27.9 Å². The molecule has 1 heterocycles. The van der Waals surface area contributed by atoms with Crippen molar-refractivity contribution in [2.75, 3.05) is 27.2 Å². The third kappa shape index (κ3) is 4.37. The zero-order valence-corrected chi connectivity index (χ0v) is 13.9. The van der Waals surface area contributed by atoms with Gasteiger partial charge in [0.05, 0.1) is 16.9 Å². The maximum atomic E-state index is 6.17. The monoisotopic (exact) mass is 327 g/mol. The number of aryl methyl sites for hydroxylation is 1. The van der Waals surface area contributed by atoms with Gasteiger partial charge in [-0.05, 0) is 26.2 Å². The van der Waals surface area contributed by atoms with Crippen molar-refractivity contribution < 1.29 is 4.74 Å². The molecule has 6 heteroatoms. The zero-order chi connectivity index (χ0) is 15.4. The number of nitrogens with zero attached hydrogens (tertiary/aromatic N) is 3. The molecule has 0 amide bonds. The number of aromatic nitrogens is 2. The molecule has 0 saturated heterocycles. The second-order valence-electron chi connectivity index (χ2n) is 5.14. The molecule has 0 atom stereocenters. The first-order valence-electron chi connectivity index (χ1n) is 6.69. The molecular weight excluding hydrogens is 309 g/mol. The first-order valence-corrected chi connectivity index (χ1v) is 7.45. The molecule has 0 fully saturated rings. The quantitative estimate of drug-likeness (QED) is 0.815. The van der Waals surface area contributed by atoms with Gasteiger partial charge in [-0.15, -0.1) is 0 Å². The van der Waals surface area contributed by atoms with Gasteiger partial charge >= 0.3 is 0 Å². The van der Waals surface area contributed by atoms with Gasteiger partial charge in [0.25, 0.3) is 0 Å². The molecule has 114 valence electrons. The first-order chi connectivity index (χ1) is 9.97. The Balaban J connectivity index is 2.18. The largest absolute Gasteiger partial charge is 0.492 e. The second-order valence-corrected chi connectivity index (χ2v) is 5.99. The molecule has 21 heavy (non-hydrogen) atoms. The van der Waals surface area contributed by atoms with Crippen LogP contribution < -0.4 is 4.74 Å². The fourth-order valence-electron chi connectivity index (χ4n) is 1.96. The van der Waals surface area contributed by atoms with Crippen LogP contribution in [-0.2, 0) is 13.5 Å². The van der Waals surface area contributed by atoms with E-state index < -0.39 is 0 Å². The van der Waals surface area contributed by atoms with Gasteiger partial charge in [0, 0.05) is 30.6 Å². The van der Waals surface area contributed by atoms with Gasteiger partial charge in [-0.25, -0.2) is 0 Å². The molecule has 0 radical (unpaired) electrons. The minimum absolute atomic E-state index is 0.611. The van der Waals surface area contributed by atoms with E-state index in [1.807, 2.05) is 39.3 Å². The van der Waals surface area contributed by atoms with Gasteiger partial charge in [-0.2, -0.15) is 5.10 Å². The van der Waals surface area contributed by atoms with E-state index in [2.05, 4.69) is 10.00 Å². The Bertz CT molecular complexity index is 591. The SMILES string of the molecule is CN(C)CCOc1cc(Cl)ccc1Cc1c(Cl)cnn1C. The lowest BCUT2D eigenvalue weighted by molar-refractivity contribution is 0.259. The Kier molecular flexibility index (Phi) is 5.51. The maximum Gasteiger partial charge on any atom is 0.124 e. The van der Waals surface area contributed by atoms with Crippen molar-refractivity contribution in [2.45, 2.75) is 6.42 Å². The summed E-state index contributed by atoms with van der Waals surface area (Å²) in [5, 5.41) is 5.48. The molecule has 4 nitrogen and oxygen atoms in total. The van der Waals surface area contributed by atoms with Crippen LogP contribution in [0.1, 0.15) is 11.3 Å². The van der Waals surface area contributed by atoms with E-state index in [-0.39, 0.29) is 0 Å². The van der Waals surface area contributed by atoms with Gasteiger partial charge in [0.1, 0.15) is 12.4 Å². The van der Waals surface area contributed by atoms with E-state index in [1.54, 1.807) is 10.9 Å². The molecule has 2 rings (SSSR count). The van der Waals surface area contributed by atoms with Gasteiger partial charge in [0.2, 0.25) is 0 Å². The predicted molar refractivity (Wildman–Crippen MR) is 86.5 cm³/mol. The fourth-order valence-corrected chi connectivity index (χ4v) is 2.36. The average Bonchev–Trinajstić information content (AvgIpc) is 2.73. The highest BCUT2D eigenvalue weighted by Gasteiger charge is 2.12. The lowest BCUT2D eigenvalue weighted by Crippen LogP contribution is -2.19. The molecule has 2 aromatic rings. The van der Waals surface area contributed by atoms with Crippen molar-refractivity contribution in [3.05, 3.63) is 45.7 Å². The van der Waals surface area contributed by atoms with Crippen LogP contribution in [0.5, 0.6) is 5.75 Å². The minimum Gasteiger partial charge on any atom is -0.492 e. The number of halogens is 2. The Labute approximate surface area is 135 Å². The summed E-state index contributed by atoms with van der Waals surface area (Å²) in [6, 6.07) is 5.67. The Hall–Kier alpha value is -1.23. The van der Waals surface area contributed by atoms with E-state index in [9.17, 15) is 0 Å². The van der Waals surface area contributed by atoms with Gasteiger partial charge in [-0.3, -0.25) is 4.68 Å². The lowest BCUT2D eigenvalue weighted by Gasteiger charge is -2.14. The Morgan fingerprint density at radius 1 is 1.29 bits per heavy atom. The molecule has 0 unspecified atom stereocenters. The van der Waals surface area contributed by atoms with Gasteiger partial charge in [0.15, 0.2) is 0 Å². The minimum atomic E-state index is 0.611. The zero-order valence-electron chi connectivity index (χ0n) is 12.4. The van der Waals surface area contributed by atoms with E-state index in [0.717, 1.165) is 23.6 Å². The number of hydrogen-bond donors (Lipinski definition) is 0. The molecule has 0 aliphatic heterocycles. The molecule has 0 saturated carbocycles. The highest BCUT2D eigenvalue weighted by atomic mass is 35.5. The topological polar surface area (TPSA) is 30.3 Å². The number of rotatable bonds is 6. The van der Waals surface area contributed by atoms with Crippen LogP contribution in [0, 0.1) is 0 Å². The molecule has 0 aliphatic rings.